The Balaban J connectivity index is 1.79. The third kappa shape index (κ3) is 5.28. The Labute approximate surface area is 145 Å². The second-order valence-corrected chi connectivity index (χ2v) is 6.00. The average molecular weight is 377 g/mol. The summed E-state index contributed by atoms with van der Waals surface area (Å²) in [5.74, 6) is 0.801. The molecule has 0 bridgehead atoms. The quantitative estimate of drug-likeness (QED) is 0.785. The predicted molar refractivity (Wildman–Crippen MR) is 97.2 cm³/mol. The lowest BCUT2D eigenvalue weighted by Crippen LogP contribution is -2.30. The number of hydrogen-bond acceptors (Lipinski definition) is 2. The van der Waals surface area contributed by atoms with Gasteiger partial charge in [0.1, 0.15) is 5.75 Å². The zero-order valence-electron chi connectivity index (χ0n) is 13.4. The third-order valence-electron chi connectivity index (χ3n) is 3.54. The molecule has 0 fully saturated rings. The third-order valence-corrected chi connectivity index (χ3v) is 4.16. The van der Waals surface area contributed by atoms with Crippen molar-refractivity contribution < 1.29 is 9.53 Å². The molecule has 0 heterocycles. The van der Waals surface area contributed by atoms with Gasteiger partial charge in [-0.25, -0.2) is 4.79 Å². The number of ether oxygens (including phenoxy) is 1. The number of nitrogens with one attached hydrogen (secondary N) is 2. The van der Waals surface area contributed by atoms with Gasteiger partial charge in [-0.1, -0.05) is 25.1 Å². The molecule has 0 atom stereocenters. The maximum atomic E-state index is 11.9. The zero-order valence-corrected chi connectivity index (χ0v) is 14.9. The second-order valence-electron chi connectivity index (χ2n) is 5.15. The van der Waals surface area contributed by atoms with Crippen LogP contribution in [0.3, 0.4) is 0 Å². The molecule has 0 radical (unpaired) electrons. The van der Waals surface area contributed by atoms with Crippen LogP contribution in [-0.4, -0.2) is 19.7 Å². The smallest absolute Gasteiger partial charge is 0.319 e. The number of anilines is 1. The van der Waals surface area contributed by atoms with Gasteiger partial charge in [-0.15, -0.1) is 0 Å². The van der Waals surface area contributed by atoms with Crippen LogP contribution >= 0.6 is 15.9 Å². The number of carbonyl (C=O) groups is 1. The highest BCUT2D eigenvalue weighted by molar-refractivity contribution is 9.10. The van der Waals surface area contributed by atoms with Crippen molar-refractivity contribution in [1.82, 2.24) is 5.32 Å². The molecule has 4 nitrogen and oxygen atoms in total. The van der Waals surface area contributed by atoms with Gasteiger partial charge in [0.15, 0.2) is 0 Å². The van der Waals surface area contributed by atoms with Crippen LogP contribution in [0.15, 0.2) is 46.9 Å². The van der Waals surface area contributed by atoms with Gasteiger partial charge in [0.2, 0.25) is 0 Å². The Morgan fingerprint density at radius 2 is 1.83 bits per heavy atom. The highest BCUT2D eigenvalue weighted by atomic mass is 79.9. The molecule has 23 heavy (non-hydrogen) atoms. The van der Waals surface area contributed by atoms with E-state index in [0.29, 0.717) is 6.54 Å². The number of hydrogen-bond donors (Lipinski definition) is 2. The first-order chi connectivity index (χ1) is 11.1. The number of benzene rings is 2. The maximum absolute atomic E-state index is 11.9. The van der Waals surface area contributed by atoms with E-state index in [4.69, 9.17) is 4.74 Å². The van der Waals surface area contributed by atoms with Crippen LogP contribution in [0.4, 0.5) is 10.5 Å². The highest BCUT2D eigenvalue weighted by Crippen LogP contribution is 2.25. The van der Waals surface area contributed by atoms with Crippen LogP contribution in [0, 0.1) is 0 Å². The fourth-order valence-electron chi connectivity index (χ4n) is 2.18. The van der Waals surface area contributed by atoms with E-state index in [2.05, 4.69) is 33.5 Å². The van der Waals surface area contributed by atoms with E-state index in [1.165, 1.54) is 5.56 Å². The van der Waals surface area contributed by atoms with Crippen molar-refractivity contribution >= 4 is 27.6 Å². The van der Waals surface area contributed by atoms with Gasteiger partial charge < -0.3 is 15.4 Å². The van der Waals surface area contributed by atoms with E-state index in [0.717, 1.165) is 34.3 Å². The monoisotopic (exact) mass is 376 g/mol. The molecule has 0 saturated heterocycles. The lowest BCUT2D eigenvalue weighted by molar-refractivity contribution is 0.252. The number of amides is 2. The number of halogens is 1. The SMILES string of the molecule is CCc1ccc(NC(=O)NCCc2ccc(OC)c(Br)c2)cc1. The van der Waals surface area contributed by atoms with Crippen molar-refractivity contribution in [3.8, 4) is 5.75 Å². The number of carbonyl (C=O) groups excluding carboxylic acids is 1. The molecule has 0 unspecified atom stereocenters. The first kappa shape index (κ1) is 17.3. The van der Waals surface area contributed by atoms with Crippen molar-refractivity contribution in [2.75, 3.05) is 19.0 Å². The van der Waals surface area contributed by atoms with Gasteiger partial charge in [0.25, 0.3) is 0 Å². The Hall–Kier alpha value is -2.01. The Morgan fingerprint density at radius 1 is 1.13 bits per heavy atom. The molecule has 0 saturated carbocycles. The molecular formula is C18H21BrN2O2. The van der Waals surface area contributed by atoms with E-state index in [-0.39, 0.29) is 6.03 Å². The summed E-state index contributed by atoms with van der Waals surface area (Å²) in [5.41, 5.74) is 3.18. The molecule has 2 aromatic rings. The summed E-state index contributed by atoms with van der Waals surface area (Å²) in [6.45, 7) is 2.67. The lowest BCUT2D eigenvalue weighted by atomic mass is 10.1. The number of urea groups is 1. The lowest BCUT2D eigenvalue weighted by Gasteiger charge is -2.09. The molecular weight excluding hydrogens is 356 g/mol. The zero-order chi connectivity index (χ0) is 16.7. The van der Waals surface area contributed by atoms with Gasteiger partial charge in [0.05, 0.1) is 11.6 Å². The normalized spacial score (nSPS) is 10.2. The van der Waals surface area contributed by atoms with Gasteiger partial charge in [-0.2, -0.15) is 0 Å². The van der Waals surface area contributed by atoms with Crippen LogP contribution in [0.1, 0.15) is 18.1 Å². The summed E-state index contributed by atoms with van der Waals surface area (Å²) < 4.78 is 6.11. The fraction of sp³-hybridized carbons (Fsp3) is 0.278. The summed E-state index contributed by atoms with van der Waals surface area (Å²) >= 11 is 3.46. The number of aryl methyl sites for hydroxylation is 1. The Morgan fingerprint density at radius 3 is 2.43 bits per heavy atom. The van der Waals surface area contributed by atoms with Crippen LogP contribution < -0.4 is 15.4 Å². The largest absolute Gasteiger partial charge is 0.496 e. The first-order valence-electron chi connectivity index (χ1n) is 7.58. The Kier molecular flexibility index (Phi) is 6.47. The van der Waals surface area contributed by atoms with Crippen molar-refractivity contribution in [2.24, 2.45) is 0 Å². The fourth-order valence-corrected chi connectivity index (χ4v) is 2.77. The standard InChI is InChI=1S/C18H21BrN2O2/c1-3-13-4-7-15(8-5-13)21-18(22)20-11-10-14-6-9-17(23-2)16(19)12-14/h4-9,12H,3,10-11H2,1-2H3,(H2,20,21,22). The van der Waals surface area contributed by atoms with Crippen molar-refractivity contribution in [3.63, 3.8) is 0 Å². The van der Waals surface area contributed by atoms with E-state index in [1.54, 1.807) is 7.11 Å². The first-order valence-corrected chi connectivity index (χ1v) is 8.38. The molecule has 5 heteroatoms. The molecule has 2 rings (SSSR count). The predicted octanol–water partition coefficient (Wildman–Crippen LogP) is 4.38. The minimum Gasteiger partial charge on any atom is -0.496 e. The van der Waals surface area contributed by atoms with Gasteiger partial charge in [-0.3, -0.25) is 0 Å². The second kappa shape index (κ2) is 8.58. The summed E-state index contributed by atoms with van der Waals surface area (Å²) in [7, 11) is 1.64. The molecule has 0 spiro atoms. The molecule has 2 aromatic carbocycles. The van der Waals surface area contributed by atoms with Crippen molar-refractivity contribution in [2.45, 2.75) is 19.8 Å². The van der Waals surface area contributed by atoms with Gasteiger partial charge >= 0.3 is 6.03 Å². The van der Waals surface area contributed by atoms with Crippen LogP contribution in [0.25, 0.3) is 0 Å². The molecule has 0 aliphatic heterocycles. The van der Waals surface area contributed by atoms with Crippen molar-refractivity contribution in [1.29, 1.82) is 0 Å². The molecule has 2 amide bonds. The molecule has 122 valence electrons. The molecule has 0 aromatic heterocycles. The van der Waals surface area contributed by atoms with E-state index in [1.807, 2.05) is 42.5 Å². The van der Waals surface area contributed by atoms with Gasteiger partial charge in [-0.05, 0) is 64.2 Å². The van der Waals surface area contributed by atoms with Crippen LogP contribution in [0.2, 0.25) is 0 Å². The molecule has 0 aliphatic rings. The number of rotatable bonds is 6. The Bertz CT molecular complexity index is 657. The summed E-state index contributed by atoms with van der Waals surface area (Å²) in [6.07, 6.45) is 1.74. The summed E-state index contributed by atoms with van der Waals surface area (Å²) in [5, 5.41) is 5.69. The number of methoxy groups -OCH3 is 1. The summed E-state index contributed by atoms with van der Waals surface area (Å²) in [6, 6.07) is 13.6. The van der Waals surface area contributed by atoms with Gasteiger partial charge in [0, 0.05) is 12.2 Å². The topological polar surface area (TPSA) is 50.4 Å². The minimum atomic E-state index is -0.193. The minimum absolute atomic E-state index is 0.193. The maximum Gasteiger partial charge on any atom is 0.319 e. The van der Waals surface area contributed by atoms with Crippen LogP contribution in [0.5, 0.6) is 5.75 Å². The van der Waals surface area contributed by atoms with Crippen molar-refractivity contribution in [3.05, 3.63) is 58.1 Å². The van der Waals surface area contributed by atoms with Crippen LogP contribution in [-0.2, 0) is 12.8 Å². The molecule has 2 N–H and O–H groups in total. The molecule has 0 aliphatic carbocycles. The highest BCUT2D eigenvalue weighted by Gasteiger charge is 2.04. The van der Waals surface area contributed by atoms with E-state index < -0.39 is 0 Å². The average Bonchev–Trinajstić information content (AvgIpc) is 2.56. The summed E-state index contributed by atoms with van der Waals surface area (Å²) in [4.78, 5) is 11.9. The van der Waals surface area contributed by atoms with E-state index >= 15 is 0 Å². The van der Waals surface area contributed by atoms with E-state index in [9.17, 15) is 4.79 Å².